The molecule has 6 atom stereocenters. The van der Waals surface area contributed by atoms with Crippen molar-refractivity contribution >= 4 is 120 Å². The van der Waals surface area contributed by atoms with Crippen molar-refractivity contribution in [2.24, 2.45) is 30.0 Å². The molecule has 0 amide bonds. The summed E-state index contributed by atoms with van der Waals surface area (Å²) in [7, 11) is 0. The molecule has 675 valence electrons. The summed E-state index contributed by atoms with van der Waals surface area (Å²) in [5, 5.41) is 31.1. The van der Waals surface area contributed by atoms with Crippen LogP contribution in [0.15, 0.2) is 285 Å². The van der Waals surface area contributed by atoms with Crippen molar-refractivity contribution in [3.8, 4) is 0 Å². The van der Waals surface area contributed by atoms with E-state index < -0.39 is 59.9 Å². The number of carbonyl (C=O) groups excluding carboxylic acids is 3. The maximum Gasteiger partial charge on any atom is 3.00 e. The summed E-state index contributed by atoms with van der Waals surface area (Å²) in [5.74, 6) is -10.7. The number of hydrogen-bond donors (Lipinski definition) is 3. The van der Waals surface area contributed by atoms with Crippen LogP contribution in [0, 0.1) is 267 Å². The summed E-state index contributed by atoms with van der Waals surface area (Å²) in [5.41, 5.74) is 5.86. The molecule has 3 N–H and O–H groups in total. The molecule has 0 saturated heterocycles. The van der Waals surface area contributed by atoms with E-state index >= 15 is 0 Å². The van der Waals surface area contributed by atoms with Crippen LogP contribution in [0.1, 0.15) is 52.4 Å². The number of nitrogens with zero attached hydrogens (tertiary/aromatic N) is 12. The Morgan fingerprint density at radius 1 is 0.328 bits per heavy atom. The third kappa shape index (κ3) is 50.5. The van der Waals surface area contributed by atoms with Crippen LogP contribution in [-0.2, 0) is 14.4 Å². The topological polar surface area (TPSA) is 263 Å². The van der Waals surface area contributed by atoms with Crippen LogP contribution < -0.4 is 99.3 Å². The number of carbonyl (C=O) groups is 3. The van der Waals surface area contributed by atoms with Gasteiger partial charge in [-0.25, -0.2) is 0 Å². The van der Waals surface area contributed by atoms with Gasteiger partial charge in [0.25, 0.3) is 11.6 Å². The SMILES string of the molecule is C1=CCC(C2CC=CC=N2)N=C1.C1=CCC(C2CC=CC=N2)N=C1.C1=CCC(C2CC=CC=N2)N=C1.CC(=O)C=C(C)O.O=C(C=C(O)C(F)(F)F)C(F)(F)F.O=C(C=C(O)C(F)(F)F)C(F)(F)F.[Ce].[Cl-].[Cl-].[Cl-].[Cl-].[Cl-].[Cl-].[Cl-].[Cl-].[Eu+2].[Eu+3].[Eu].[Tb+3].[Tb].c1cnc2c(c1)ccc1cccnc12.c1cnc2c(c1)ccc1cccnc12.c1cnc2c(c1)ccc1cccnc12. The third-order valence-corrected chi connectivity index (χ3v) is 15.7. The molecule has 44 heteroatoms. The molecule has 6 aromatic heterocycles. The van der Waals surface area contributed by atoms with E-state index in [2.05, 4.69) is 169 Å². The van der Waals surface area contributed by atoms with E-state index in [1.165, 1.54) is 19.9 Å². The van der Waals surface area contributed by atoms with E-state index in [-0.39, 0.29) is 378 Å². The molecule has 6 unspecified atom stereocenters. The number of alkyl halides is 12. The van der Waals surface area contributed by atoms with Crippen LogP contribution in [-0.4, -0.2) is 161 Å². The number of aliphatic imine (C=N–C) groups is 6. The number of benzene rings is 3. The molecule has 9 aromatic rings. The molecule has 15 rings (SSSR count). The van der Waals surface area contributed by atoms with Gasteiger partial charge in [-0.05, 0) is 125 Å². The zero-order valence-electron chi connectivity index (χ0n) is 64.5. The zero-order chi connectivity index (χ0) is 80.4. The molecule has 0 spiro atoms. The van der Waals surface area contributed by atoms with Crippen molar-refractivity contribution in [1.82, 2.24) is 29.9 Å². The Morgan fingerprint density at radius 2 is 0.496 bits per heavy atom. The van der Waals surface area contributed by atoms with Gasteiger partial charge in [0.15, 0.2) is 5.78 Å². The number of halogens is 20. The second-order valence-electron chi connectivity index (χ2n) is 24.0. The summed E-state index contributed by atoms with van der Waals surface area (Å²) in [6.45, 7) is 2.85. The predicted molar refractivity (Wildman–Crippen MR) is 410 cm³/mol. The number of aromatic nitrogens is 6. The molecule has 0 aliphatic carbocycles. The van der Waals surface area contributed by atoms with Crippen LogP contribution in [0.3, 0.4) is 0 Å². The second kappa shape index (κ2) is 72.8. The number of pyridine rings is 6. The Kier molecular flexibility index (Phi) is 80.9. The van der Waals surface area contributed by atoms with E-state index in [0.717, 1.165) is 104 Å². The second-order valence-corrected chi connectivity index (χ2v) is 24.0. The van der Waals surface area contributed by atoms with Gasteiger partial charge in [-0.2, -0.15) is 52.7 Å². The first-order valence-corrected chi connectivity index (χ1v) is 33.9. The Balaban J connectivity index is -0.000000203. The normalized spacial score (nSPS) is 16.7. The van der Waals surface area contributed by atoms with Crippen LogP contribution in [0.2, 0.25) is 0 Å². The van der Waals surface area contributed by atoms with Crippen molar-refractivity contribution in [2.75, 3.05) is 0 Å². The predicted octanol–water partition coefficient (Wildman–Crippen LogP) is -4.98. The molecule has 3 radical (unpaired) electrons. The average Bonchev–Trinajstić information content (AvgIpc) is 0.805. The molecule has 3 aromatic carbocycles. The van der Waals surface area contributed by atoms with Crippen molar-refractivity contribution < 1.29 is 449 Å². The first-order chi connectivity index (χ1) is 53.0. The third-order valence-electron chi connectivity index (χ3n) is 15.7. The van der Waals surface area contributed by atoms with Crippen molar-refractivity contribution in [1.29, 1.82) is 0 Å². The molecule has 18 nitrogen and oxygen atoms in total. The number of allylic oxidation sites excluding steroid dienone is 12. The standard InChI is InChI=1S/3C12H8N2.3C10H12N2.2C5H2F6O2.C5H8O2.Ce.8ClH.3Eu.2Tb/c3*1-3-9-5-6-10-4-2-8-14-12(10)11(9)13-7-1;3*1-3-7-11-9(5-1)10-6-2-4-8-12-10;2*6-4(7,8)2(12)1-3(13)5(9,10)11;1-4(6)3-5(2)7;;;;;;;;;;;;;;/h3*1-8H;3*1-4,7-10H,5-6H2;2*1,12H;3,6H,1-2H3;;8*1H;;;;;/q;;;;;;;;;;;;;;;;;;;+2;+3;;+3/p-8. The maximum absolute atomic E-state index is 11.4. The molecule has 0 bridgehead atoms. The van der Waals surface area contributed by atoms with Gasteiger partial charge in [0, 0.05) is 255 Å². The first-order valence-electron chi connectivity index (χ1n) is 33.9. The van der Waals surface area contributed by atoms with Gasteiger partial charge in [0.1, 0.15) is 0 Å². The first kappa shape index (κ1) is 139. The number of hydrogen-bond acceptors (Lipinski definition) is 18. The molecular weight excluding hydrogens is 2660 g/mol. The number of fused-ring (bicyclic) bond motifs is 9. The van der Waals surface area contributed by atoms with E-state index in [9.17, 15) is 67.1 Å². The molecular formula is C81H72CeCl8Eu3F12N12O6Tb2. The molecule has 12 heterocycles. The Morgan fingerprint density at radius 3 is 0.608 bits per heavy atom. The van der Waals surface area contributed by atoms with E-state index in [1.54, 1.807) is 37.2 Å². The number of aliphatic hydroxyl groups is 3. The van der Waals surface area contributed by atoms with Gasteiger partial charge >= 0.3 is 162 Å². The molecule has 0 fully saturated rings. The fraction of sp³-hybridized carbons (Fsp3) is 0.222. The molecule has 6 aliphatic heterocycles. The van der Waals surface area contributed by atoms with Crippen molar-refractivity contribution in [3.63, 3.8) is 0 Å². The Hall–Kier alpha value is -1.61. The summed E-state index contributed by atoms with van der Waals surface area (Å²) >= 11 is 0. The smallest absolute Gasteiger partial charge is 1.00 e. The minimum atomic E-state index is -5.42. The van der Waals surface area contributed by atoms with E-state index in [0.29, 0.717) is 36.3 Å². The monoisotopic (exact) mass is 2730 g/mol. The summed E-state index contributed by atoms with van der Waals surface area (Å²) in [6.07, 6.45) is 31.0. The van der Waals surface area contributed by atoms with Gasteiger partial charge in [0.05, 0.1) is 75.1 Å². The van der Waals surface area contributed by atoms with Gasteiger partial charge < -0.3 is 115 Å². The summed E-state index contributed by atoms with van der Waals surface area (Å²) < 4.78 is 136. The van der Waals surface area contributed by atoms with Crippen LogP contribution >= 0.6 is 0 Å². The number of aliphatic hydroxyl groups excluding tert-OH is 3. The fourth-order valence-electron chi connectivity index (χ4n) is 10.4. The summed E-state index contributed by atoms with van der Waals surface area (Å²) in [6, 6.07) is 38.6. The number of rotatable bonds is 6. The summed E-state index contributed by atoms with van der Waals surface area (Å²) in [4.78, 5) is 82.2. The van der Waals surface area contributed by atoms with Gasteiger partial charge in [-0.1, -0.05) is 109 Å². The quantitative estimate of drug-likeness (QED) is 0.0613. The molecule has 125 heavy (non-hydrogen) atoms. The Labute approximate surface area is 980 Å². The van der Waals surface area contributed by atoms with Gasteiger partial charge in [0.2, 0.25) is 11.5 Å². The van der Waals surface area contributed by atoms with Gasteiger partial charge in [-0.3, -0.25) is 74.2 Å². The molecule has 0 saturated carbocycles. The minimum Gasteiger partial charge on any atom is -1.00 e. The van der Waals surface area contributed by atoms with Gasteiger partial charge in [-0.15, -0.1) is 0 Å². The van der Waals surface area contributed by atoms with Crippen LogP contribution in [0.5, 0.6) is 0 Å². The zero-order valence-corrected chi connectivity index (χ0v) is 85.2. The minimum absolute atomic E-state index is 0. The Bertz CT molecular complexity index is 4520. The average molecular weight is 2740 g/mol. The van der Waals surface area contributed by atoms with Crippen LogP contribution in [0.4, 0.5) is 52.7 Å². The van der Waals surface area contributed by atoms with E-state index in [1.807, 2.05) is 110 Å². The number of dihydropyridines is 6. The fourth-order valence-corrected chi connectivity index (χ4v) is 10.4. The van der Waals surface area contributed by atoms with E-state index in [4.69, 9.17) is 15.3 Å². The van der Waals surface area contributed by atoms with Crippen molar-refractivity contribution in [2.45, 2.75) is 113 Å². The van der Waals surface area contributed by atoms with Crippen molar-refractivity contribution in [3.05, 3.63) is 255 Å². The number of ketones is 3. The molecule has 6 aliphatic rings. The largest absolute Gasteiger partial charge is 3.00 e. The maximum atomic E-state index is 11.4. The van der Waals surface area contributed by atoms with Crippen LogP contribution in [0.25, 0.3) is 65.4 Å².